The second-order valence-electron chi connectivity index (χ2n) is 3.48. The van der Waals surface area contributed by atoms with Gasteiger partial charge in [-0.15, -0.1) is 0 Å². The first kappa shape index (κ1) is 10.5. The largest absolute Gasteiger partial charge is 0.355 e. The number of amides is 1. The van der Waals surface area contributed by atoms with Crippen molar-refractivity contribution in [3.63, 3.8) is 0 Å². The molecule has 75 valence electrons. The van der Waals surface area contributed by atoms with Gasteiger partial charge in [0, 0.05) is 19.5 Å². The molecule has 3 nitrogen and oxygen atoms in total. The predicted molar refractivity (Wildman–Crippen MR) is 53.3 cm³/mol. The normalized spacial score (nSPS) is 18.5. The maximum atomic E-state index is 10.9. The second kappa shape index (κ2) is 5.97. The first-order valence-corrected chi connectivity index (χ1v) is 5.12. The molecule has 3 heteroatoms. The summed E-state index contributed by atoms with van der Waals surface area (Å²) < 4.78 is 0. The molecular weight excluding hydrogens is 164 g/mol. The molecule has 1 amide bonds. The molecule has 1 aliphatic heterocycles. The molecule has 0 atom stereocenters. The minimum Gasteiger partial charge on any atom is -0.355 e. The molecule has 1 N–H and O–H groups in total. The van der Waals surface area contributed by atoms with E-state index in [0.717, 1.165) is 13.1 Å². The lowest BCUT2D eigenvalue weighted by Gasteiger charge is -2.26. The summed E-state index contributed by atoms with van der Waals surface area (Å²) in [5.74, 6) is 0.0389. The quantitative estimate of drug-likeness (QED) is 0.699. The van der Waals surface area contributed by atoms with E-state index in [4.69, 9.17) is 0 Å². The molecule has 1 rings (SSSR count). The molecule has 0 saturated carbocycles. The first-order chi connectivity index (χ1) is 6.33. The highest BCUT2D eigenvalue weighted by Gasteiger charge is 2.09. The molecule has 13 heavy (non-hydrogen) atoms. The summed E-state index contributed by atoms with van der Waals surface area (Å²) in [6.45, 7) is 5.94. The molecule has 0 bridgehead atoms. The Morgan fingerprint density at radius 1 is 1.38 bits per heavy atom. The van der Waals surface area contributed by atoms with Gasteiger partial charge in [-0.25, -0.2) is 0 Å². The molecule has 0 aromatic carbocycles. The molecule has 0 aliphatic carbocycles. The zero-order valence-corrected chi connectivity index (χ0v) is 8.38. The average Bonchev–Trinajstić information content (AvgIpc) is 2.19. The van der Waals surface area contributed by atoms with Crippen LogP contribution in [-0.2, 0) is 4.79 Å². The molecule has 0 aromatic rings. The van der Waals surface area contributed by atoms with Crippen LogP contribution in [0.4, 0.5) is 0 Å². The maximum absolute atomic E-state index is 10.9. The van der Waals surface area contributed by atoms with E-state index in [9.17, 15) is 4.79 Å². The number of nitrogens with zero attached hydrogens (tertiary/aromatic N) is 1. The summed E-state index contributed by atoms with van der Waals surface area (Å²) in [5, 5.41) is 2.84. The van der Waals surface area contributed by atoms with Crippen LogP contribution >= 0.6 is 0 Å². The summed E-state index contributed by atoms with van der Waals surface area (Å²) in [4.78, 5) is 13.3. The lowest BCUT2D eigenvalue weighted by atomic mass is 10.1. The Morgan fingerprint density at radius 3 is 2.69 bits per heavy atom. The molecule has 0 spiro atoms. The van der Waals surface area contributed by atoms with Crippen LogP contribution in [0.3, 0.4) is 0 Å². The van der Waals surface area contributed by atoms with E-state index < -0.39 is 0 Å². The molecule has 1 heterocycles. The lowest BCUT2D eigenvalue weighted by molar-refractivity contribution is -0.117. The summed E-state index contributed by atoms with van der Waals surface area (Å²) in [6.07, 6.45) is 5.56. The minimum atomic E-state index is 0.0389. The highest BCUT2D eigenvalue weighted by atomic mass is 16.1. The summed E-state index contributed by atoms with van der Waals surface area (Å²) >= 11 is 0. The van der Waals surface area contributed by atoms with Gasteiger partial charge in [-0.1, -0.05) is 13.3 Å². The van der Waals surface area contributed by atoms with Gasteiger partial charge in [0.15, 0.2) is 0 Å². The van der Waals surface area contributed by atoms with Crippen molar-refractivity contribution in [1.82, 2.24) is 10.2 Å². The van der Waals surface area contributed by atoms with Crippen molar-refractivity contribution < 1.29 is 4.79 Å². The number of carbonyl (C=O) groups excluding carboxylic acids is 1. The Hall–Kier alpha value is -0.570. The fraction of sp³-hybridized carbons (Fsp3) is 0.800. The van der Waals surface area contributed by atoms with E-state index in [1.807, 2.05) is 0 Å². The van der Waals surface area contributed by atoms with Crippen LogP contribution < -0.4 is 5.32 Å². The highest BCUT2D eigenvalue weighted by molar-refractivity contribution is 5.83. The molecule has 0 unspecified atom stereocenters. The standard InChI is InChI=1S/C10H19N2O/c1-2-10(13)11-6-9-12-7-4-3-5-8-12/h2H,3-9H2,1H3,(H,11,13). The smallest absolute Gasteiger partial charge is 0.223 e. The lowest BCUT2D eigenvalue weighted by Crippen LogP contribution is -2.37. The van der Waals surface area contributed by atoms with Gasteiger partial charge < -0.3 is 10.2 Å². The van der Waals surface area contributed by atoms with E-state index in [0.29, 0.717) is 0 Å². The molecule has 1 radical (unpaired) electrons. The van der Waals surface area contributed by atoms with Crippen molar-refractivity contribution >= 4 is 5.91 Å². The molecular formula is C10H19N2O. The third-order valence-electron chi connectivity index (χ3n) is 2.44. The Bertz CT molecular complexity index is 153. The first-order valence-electron chi connectivity index (χ1n) is 5.12. The topological polar surface area (TPSA) is 32.3 Å². The summed E-state index contributed by atoms with van der Waals surface area (Å²) in [7, 11) is 0. The van der Waals surface area contributed by atoms with Gasteiger partial charge >= 0.3 is 0 Å². The minimum absolute atomic E-state index is 0.0389. The highest BCUT2D eigenvalue weighted by Crippen LogP contribution is 2.07. The number of hydrogen-bond donors (Lipinski definition) is 1. The van der Waals surface area contributed by atoms with Crippen molar-refractivity contribution in [3.8, 4) is 0 Å². The fourth-order valence-corrected chi connectivity index (χ4v) is 1.62. The maximum Gasteiger partial charge on any atom is 0.223 e. The number of rotatable bonds is 4. The van der Waals surface area contributed by atoms with Crippen LogP contribution in [0.1, 0.15) is 26.2 Å². The van der Waals surface area contributed by atoms with E-state index in [-0.39, 0.29) is 5.91 Å². The van der Waals surface area contributed by atoms with Gasteiger partial charge in [-0.2, -0.15) is 0 Å². The summed E-state index contributed by atoms with van der Waals surface area (Å²) in [6, 6.07) is 0. The van der Waals surface area contributed by atoms with E-state index >= 15 is 0 Å². The number of carbonyl (C=O) groups is 1. The third kappa shape index (κ3) is 4.27. The van der Waals surface area contributed by atoms with Crippen molar-refractivity contribution in [2.24, 2.45) is 0 Å². The Labute approximate surface area is 80.5 Å². The zero-order valence-electron chi connectivity index (χ0n) is 8.38. The van der Waals surface area contributed by atoms with Gasteiger partial charge in [-0.3, -0.25) is 4.79 Å². The van der Waals surface area contributed by atoms with Gasteiger partial charge in [0.25, 0.3) is 0 Å². The van der Waals surface area contributed by atoms with Gasteiger partial charge in [0.05, 0.1) is 0 Å². The predicted octanol–water partition coefficient (Wildman–Crippen LogP) is 0.813. The second-order valence-corrected chi connectivity index (χ2v) is 3.48. The van der Waals surface area contributed by atoms with E-state index in [1.54, 1.807) is 13.3 Å². The van der Waals surface area contributed by atoms with Crippen LogP contribution in [-0.4, -0.2) is 37.0 Å². The Morgan fingerprint density at radius 2 is 2.08 bits per heavy atom. The molecule has 0 aromatic heterocycles. The number of nitrogens with one attached hydrogen (secondary N) is 1. The van der Waals surface area contributed by atoms with Crippen LogP contribution in [0, 0.1) is 6.42 Å². The SMILES string of the molecule is C[CH]C(=O)NCCN1CCCCC1. The van der Waals surface area contributed by atoms with Crippen molar-refractivity contribution in [3.05, 3.63) is 6.42 Å². The monoisotopic (exact) mass is 183 g/mol. The van der Waals surface area contributed by atoms with E-state index in [1.165, 1.54) is 32.4 Å². The van der Waals surface area contributed by atoms with Crippen molar-refractivity contribution in [2.45, 2.75) is 26.2 Å². The van der Waals surface area contributed by atoms with Crippen LogP contribution in [0.2, 0.25) is 0 Å². The van der Waals surface area contributed by atoms with Crippen molar-refractivity contribution in [1.29, 1.82) is 0 Å². The van der Waals surface area contributed by atoms with Crippen LogP contribution in [0.25, 0.3) is 0 Å². The van der Waals surface area contributed by atoms with Crippen molar-refractivity contribution in [2.75, 3.05) is 26.2 Å². The Kier molecular flexibility index (Phi) is 4.83. The van der Waals surface area contributed by atoms with Crippen LogP contribution in [0.5, 0.6) is 0 Å². The molecule has 1 fully saturated rings. The summed E-state index contributed by atoms with van der Waals surface area (Å²) in [5.41, 5.74) is 0. The third-order valence-corrected chi connectivity index (χ3v) is 2.44. The van der Waals surface area contributed by atoms with Crippen LogP contribution in [0.15, 0.2) is 0 Å². The van der Waals surface area contributed by atoms with E-state index in [2.05, 4.69) is 10.2 Å². The average molecular weight is 183 g/mol. The number of likely N-dealkylation sites (tertiary alicyclic amines) is 1. The van der Waals surface area contributed by atoms with Gasteiger partial charge in [0.1, 0.15) is 0 Å². The number of hydrogen-bond acceptors (Lipinski definition) is 2. The Balaban J connectivity index is 2.01. The molecule has 1 aliphatic rings. The zero-order chi connectivity index (χ0) is 9.52. The van der Waals surface area contributed by atoms with Gasteiger partial charge in [-0.05, 0) is 25.9 Å². The van der Waals surface area contributed by atoms with Gasteiger partial charge in [0.2, 0.25) is 5.91 Å². The fourth-order valence-electron chi connectivity index (χ4n) is 1.62. The number of piperidine rings is 1. The molecule has 1 saturated heterocycles.